The van der Waals surface area contributed by atoms with Crippen LogP contribution in [-0.4, -0.2) is 32.3 Å². The minimum absolute atomic E-state index is 0.539. The van der Waals surface area contributed by atoms with E-state index in [-0.39, 0.29) is 0 Å². The SMILES string of the molecule is CCCCCCCCCCCCCCCCCCCCCC(CCCCCCCCCC)S(=O)(=O)O.CNC. The Labute approximate surface area is 247 Å². The summed E-state index contributed by atoms with van der Waals surface area (Å²) in [5.41, 5.74) is 0. The first-order chi connectivity index (χ1) is 18.9. The Balaban J connectivity index is 0. The van der Waals surface area contributed by atoms with Gasteiger partial charge in [0.05, 0.1) is 5.25 Å². The van der Waals surface area contributed by atoms with Crippen molar-refractivity contribution in [2.75, 3.05) is 14.1 Å². The third-order valence-corrected chi connectivity index (χ3v) is 9.24. The molecular formula is C34H73NO3S. The molecule has 2 N–H and O–H groups in total. The van der Waals surface area contributed by atoms with Gasteiger partial charge in [0.15, 0.2) is 0 Å². The van der Waals surface area contributed by atoms with Gasteiger partial charge in [-0.25, -0.2) is 0 Å². The first kappa shape index (κ1) is 41.0. The largest absolute Gasteiger partial charge is 0.323 e. The maximum atomic E-state index is 11.7. The van der Waals surface area contributed by atoms with Gasteiger partial charge in [0, 0.05) is 0 Å². The third-order valence-electron chi connectivity index (χ3n) is 7.93. The summed E-state index contributed by atoms with van der Waals surface area (Å²) in [4.78, 5) is 0. The van der Waals surface area contributed by atoms with Gasteiger partial charge in [-0.3, -0.25) is 4.55 Å². The van der Waals surface area contributed by atoms with E-state index in [0.29, 0.717) is 12.8 Å². The minimum Gasteiger partial charge on any atom is -0.323 e. The zero-order valence-electron chi connectivity index (χ0n) is 27.3. The molecule has 0 aromatic heterocycles. The molecule has 4 nitrogen and oxygen atoms in total. The van der Waals surface area contributed by atoms with Crippen LogP contribution in [0.4, 0.5) is 0 Å². The van der Waals surface area contributed by atoms with E-state index >= 15 is 0 Å². The maximum absolute atomic E-state index is 11.7. The molecule has 1 unspecified atom stereocenters. The van der Waals surface area contributed by atoms with E-state index in [1.807, 2.05) is 14.1 Å². The highest BCUT2D eigenvalue weighted by atomic mass is 32.2. The Morgan fingerprint density at radius 2 is 0.615 bits per heavy atom. The highest BCUT2D eigenvalue weighted by Gasteiger charge is 2.21. The molecule has 0 spiro atoms. The summed E-state index contributed by atoms with van der Waals surface area (Å²) < 4.78 is 33.1. The predicted octanol–water partition coefficient (Wildman–Crippen LogP) is 11.4. The zero-order chi connectivity index (χ0) is 29.3. The van der Waals surface area contributed by atoms with Gasteiger partial charge in [-0.2, -0.15) is 8.42 Å². The van der Waals surface area contributed by atoms with Crippen LogP contribution in [0.3, 0.4) is 0 Å². The maximum Gasteiger partial charge on any atom is 0.267 e. The van der Waals surface area contributed by atoms with Crippen LogP contribution in [0.2, 0.25) is 0 Å². The second-order valence-electron chi connectivity index (χ2n) is 12.1. The van der Waals surface area contributed by atoms with Gasteiger partial charge >= 0.3 is 0 Å². The molecule has 0 heterocycles. The zero-order valence-corrected chi connectivity index (χ0v) is 28.1. The van der Waals surface area contributed by atoms with Gasteiger partial charge in [0.25, 0.3) is 10.1 Å². The molecule has 238 valence electrons. The van der Waals surface area contributed by atoms with E-state index in [2.05, 4.69) is 19.2 Å². The van der Waals surface area contributed by atoms with Gasteiger partial charge in [-0.05, 0) is 26.9 Å². The molecule has 0 aliphatic carbocycles. The monoisotopic (exact) mass is 576 g/mol. The fourth-order valence-electron chi connectivity index (χ4n) is 5.40. The number of rotatable bonds is 30. The highest BCUT2D eigenvalue weighted by Crippen LogP contribution is 2.20. The Morgan fingerprint density at radius 1 is 0.436 bits per heavy atom. The smallest absolute Gasteiger partial charge is 0.267 e. The van der Waals surface area contributed by atoms with Gasteiger partial charge in [-0.1, -0.05) is 187 Å². The molecule has 39 heavy (non-hydrogen) atoms. The average Bonchev–Trinajstić information content (AvgIpc) is 2.90. The normalized spacial score (nSPS) is 12.3. The van der Waals surface area contributed by atoms with Crippen LogP contribution < -0.4 is 5.32 Å². The summed E-state index contributed by atoms with van der Waals surface area (Å²) in [6, 6.07) is 0. The van der Waals surface area contributed by atoms with Crippen molar-refractivity contribution in [3.05, 3.63) is 0 Å². The van der Waals surface area contributed by atoms with Gasteiger partial charge < -0.3 is 5.32 Å². The third kappa shape index (κ3) is 35.8. The topological polar surface area (TPSA) is 66.4 Å². The standard InChI is InChI=1S/C32H66O3S.C2H7N/c1-3-5-7-9-11-13-14-15-16-17-18-19-20-21-22-23-25-27-29-31-32(36(33,34)35)30-28-26-24-12-10-8-6-4-2;1-3-2/h32H,3-31H2,1-2H3,(H,33,34,35);3H,1-2H3. The van der Waals surface area contributed by atoms with Crippen LogP contribution in [0.1, 0.15) is 200 Å². The summed E-state index contributed by atoms with van der Waals surface area (Å²) in [5.74, 6) is 0. The van der Waals surface area contributed by atoms with Gasteiger partial charge in [-0.15, -0.1) is 0 Å². The van der Waals surface area contributed by atoms with Crippen molar-refractivity contribution in [2.45, 2.75) is 205 Å². The van der Waals surface area contributed by atoms with Crippen LogP contribution >= 0.6 is 0 Å². The lowest BCUT2D eigenvalue weighted by Crippen LogP contribution is -2.20. The summed E-state index contributed by atoms with van der Waals surface area (Å²) in [6.45, 7) is 4.52. The first-order valence-electron chi connectivity index (χ1n) is 17.5. The Bertz CT molecular complexity index is 539. The second kappa shape index (κ2) is 34.1. The first-order valence-corrected chi connectivity index (χ1v) is 19.0. The molecule has 0 aromatic rings. The van der Waals surface area contributed by atoms with E-state index in [9.17, 15) is 13.0 Å². The van der Waals surface area contributed by atoms with Crippen molar-refractivity contribution in [2.24, 2.45) is 0 Å². The van der Waals surface area contributed by atoms with Gasteiger partial charge in [0.2, 0.25) is 0 Å². The number of hydrogen-bond donors (Lipinski definition) is 2. The molecule has 0 bridgehead atoms. The van der Waals surface area contributed by atoms with Crippen molar-refractivity contribution >= 4 is 10.1 Å². The molecule has 0 saturated heterocycles. The highest BCUT2D eigenvalue weighted by molar-refractivity contribution is 7.86. The molecule has 0 amide bonds. The lowest BCUT2D eigenvalue weighted by Gasteiger charge is -2.13. The quantitative estimate of drug-likeness (QED) is 0.0660. The van der Waals surface area contributed by atoms with Crippen molar-refractivity contribution in [3.63, 3.8) is 0 Å². The second-order valence-corrected chi connectivity index (χ2v) is 13.7. The number of hydrogen-bond acceptors (Lipinski definition) is 3. The molecular weight excluding hydrogens is 502 g/mol. The molecule has 0 aliphatic heterocycles. The molecule has 0 saturated carbocycles. The minimum atomic E-state index is -3.89. The van der Waals surface area contributed by atoms with Crippen molar-refractivity contribution < 1.29 is 13.0 Å². The summed E-state index contributed by atoms with van der Waals surface area (Å²) >= 11 is 0. The van der Waals surface area contributed by atoms with E-state index in [1.54, 1.807) is 0 Å². The Morgan fingerprint density at radius 3 is 0.795 bits per heavy atom. The fourth-order valence-corrected chi connectivity index (χ4v) is 6.33. The van der Waals surface area contributed by atoms with E-state index in [4.69, 9.17) is 0 Å². The van der Waals surface area contributed by atoms with E-state index in [0.717, 1.165) is 25.7 Å². The molecule has 0 rings (SSSR count). The predicted molar refractivity (Wildman–Crippen MR) is 176 cm³/mol. The van der Waals surface area contributed by atoms with Gasteiger partial charge in [0.1, 0.15) is 0 Å². The lowest BCUT2D eigenvalue weighted by molar-refractivity contribution is 0.442. The molecule has 0 aliphatic rings. The molecule has 0 radical (unpaired) electrons. The number of nitrogens with one attached hydrogen (secondary N) is 1. The van der Waals surface area contributed by atoms with Crippen molar-refractivity contribution in [3.8, 4) is 0 Å². The molecule has 0 fully saturated rings. The van der Waals surface area contributed by atoms with E-state index < -0.39 is 15.4 Å². The summed E-state index contributed by atoms with van der Waals surface area (Å²) in [5, 5.41) is 2.21. The van der Waals surface area contributed by atoms with Crippen LogP contribution in [-0.2, 0) is 10.1 Å². The average molecular weight is 576 g/mol. The number of unbranched alkanes of at least 4 members (excludes halogenated alkanes) is 25. The van der Waals surface area contributed by atoms with Crippen LogP contribution in [0.15, 0.2) is 0 Å². The summed E-state index contributed by atoms with van der Waals surface area (Å²) in [7, 11) is -0.144. The molecule has 5 heteroatoms. The molecule has 1 atom stereocenters. The Kier molecular flexibility index (Phi) is 35.8. The van der Waals surface area contributed by atoms with Crippen LogP contribution in [0, 0.1) is 0 Å². The van der Waals surface area contributed by atoms with Crippen LogP contribution in [0.25, 0.3) is 0 Å². The fraction of sp³-hybridized carbons (Fsp3) is 1.00. The van der Waals surface area contributed by atoms with Crippen molar-refractivity contribution in [1.82, 2.24) is 5.32 Å². The lowest BCUT2D eigenvalue weighted by atomic mass is 10.0. The van der Waals surface area contributed by atoms with Crippen LogP contribution in [0.5, 0.6) is 0 Å². The van der Waals surface area contributed by atoms with Crippen molar-refractivity contribution in [1.29, 1.82) is 0 Å². The Hall–Kier alpha value is -0.130. The summed E-state index contributed by atoms with van der Waals surface area (Å²) in [6.07, 6.45) is 36.6. The van der Waals surface area contributed by atoms with E-state index in [1.165, 1.54) is 148 Å². The molecule has 0 aromatic carbocycles.